The SMILES string of the molecule is CCOc1ccc(C(=O)C2(C(=O)OC)COC2)cc1. The van der Waals surface area contributed by atoms with Crippen LogP contribution in [-0.2, 0) is 14.3 Å². The molecule has 1 aliphatic heterocycles. The van der Waals surface area contributed by atoms with Gasteiger partial charge in [0.15, 0.2) is 11.2 Å². The number of benzene rings is 1. The van der Waals surface area contributed by atoms with E-state index < -0.39 is 11.4 Å². The summed E-state index contributed by atoms with van der Waals surface area (Å²) in [4.78, 5) is 24.1. The number of Topliss-reactive ketones (excluding diaryl/α,β-unsaturated/α-hetero) is 1. The lowest BCUT2D eigenvalue weighted by atomic mass is 9.78. The maximum absolute atomic E-state index is 12.4. The summed E-state index contributed by atoms with van der Waals surface area (Å²) in [6.45, 7) is 2.60. The first-order valence-corrected chi connectivity index (χ1v) is 6.08. The minimum atomic E-state index is -1.18. The molecule has 1 heterocycles. The fourth-order valence-corrected chi connectivity index (χ4v) is 1.99. The van der Waals surface area contributed by atoms with Gasteiger partial charge >= 0.3 is 5.97 Å². The van der Waals surface area contributed by atoms with Gasteiger partial charge in [-0.3, -0.25) is 9.59 Å². The summed E-state index contributed by atoms with van der Waals surface area (Å²) in [5.41, 5.74) is -0.723. The lowest BCUT2D eigenvalue weighted by Gasteiger charge is -2.36. The van der Waals surface area contributed by atoms with Gasteiger partial charge in [0.1, 0.15) is 5.75 Å². The Labute approximate surface area is 111 Å². The van der Waals surface area contributed by atoms with Gasteiger partial charge in [0.05, 0.1) is 26.9 Å². The minimum absolute atomic E-state index is 0.0751. The molecule has 1 fully saturated rings. The minimum Gasteiger partial charge on any atom is -0.494 e. The highest BCUT2D eigenvalue weighted by Gasteiger charge is 2.53. The van der Waals surface area contributed by atoms with Crippen molar-refractivity contribution in [3.8, 4) is 5.75 Å². The van der Waals surface area contributed by atoms with Crippen LogP contribution in [0.15, 0.2) is 24.3 Å². The Balaban J connectivity index is 2.21. The van der Waals surface area contributed by atoms with Crippen molar-refractivity contribution >= 4 is 11.8 Å². The highest BCUT2D eigenvalue weighted by atomic mass is 16.5. The van der Waals surface area contributed by atoms with Crippen molar-refractivity contribution in [1.82, 2.24) is 0 Å². The van der Waals surface area contributed by atoms with Crippen LogP contribution < -0.4 is 4.74 Å². The molecule has 1 saturated heterocycles. The monoisotopic (exact) mass is 264 g/mol. The van der Waals surface area contributed by atoms with E-state index in [0.29, 0.717) is 17.9 Å². The summed E-state index contributed by atoms with van der Waals surface area (Å²) in [6.07, 6.45) is 0. The second-order valence-electron chi connectivity index (χ2n) is 4.35. The van der Waals surface area contributed by atoms with Gasteiger partial charge in [-0.25, -0.2) is 0 Å². The van der Waals surface area contributed by atoms with Gasteiger partial charge in [0, 0.05) is 5.56 Å². The predicted octanol–water partition coefficient (Wildman–Crippen LogP) is 1.46. The second-order valence-corrected chi connectivity index (χ2v) is 4.35. The van der Waals surface area contributed by atoms with Gasteiger partial charge < -0.3 is 14.2 Å². The lowest BCUT2D eigenvalue weighted by molar-refractivity contribution is -0.172. The number of methoxy groups -OCH3 is 1. The Morgan fingerprint density at radius 2 is 1.89 bits per heavy atom. The van der Waals surface area contributed by atoms with Crippen molar-refractivity contribution in [2.24, 2.45) is 5.41 Å². The van der Waals surface area contributed by atoms with E-state index in [0.717, 1.165) is 0 Å². The number of hydrogen-bond acceptors (Lipinski definition) is 5. The molecular weight excluding hydrogens is 248 g/mol. The molecule has 0 aliphatic carbocycles. The first kappa shape index (κ1) is 13.5. The molecule has 102 valence electrons. The molecule has 0 unspecified atom stereocenters. The van der Waals surface area contributed by atoms with Crippen molar-refractivity contribution in [3.63, 3.8) is 0 Å². The van der Waals surface area contributed by atoms with Crippen molar-refractivity contribution in [2.45, 2.75) is 6.92 Å². The van der Waals surface area contributed by atoms with Crippen LogP contribution in [0.1, 0.15) is 17.3 Å². The van der Waals surface area contributed by atoms with Gasteiger partial charge in [-0.2, -0.15) is 0 Å². The average Bonchev–Trinajstić information content (AvgIpc) is 2.38. The van der Waals surface area contributed by atoms with Gasteiger partial charge in [-0.1, -0.05) is 0 Å². The summed E-state index contributed by atoms with van der Waals surface area (Å²) < 4.78 is 15.0. The molecule has 1 aromatic rings. The Hall–Kier alpha value is -1.88. The second kappa shape index (κ2) is 5.40. The number of ether oxygens (including phenoxy) is 3. The van der Waals surface area contributed by atoms with E-state index in [-0.39, 0.29) is 19.0 Å². The fourth-order valence-electron chi connectivity index (χ4n) is 1.99. The molecular formula is C14H16O5. The number of ketones is 1. The van der Waals surface area contributed by atoms with Crippen LogP contribution >= 0.6 is 0 Å². The van der Waals surface area contributed by atoms with Gasteiger partial charge in [-0.15, -0.1) is 0 Å². The number of carbonyl (C=O) groups is 2. The molecule has 1 aliphatic rings. The van der Waals surface area contributed by atoms with Crippen molar-refractivity contribution in [2.75, 3.05) is 26.9 Å². The molecule has 0 spiro atoms. The highest BCUT2D eigenvalue weighted by molar-refractivity contribution is 6.13. The molecule has 5 heteroatoms. The fraction of sp³-hybridized carbons (Fsp3) is 0.429. The third-order valence-corrected chi connectivity index (χ3v) is 3.14. The number of carbonyl (C=O) groups excluding carboxylic acids is 2. The smallest absolute Gasteiger partial charge is 0.324 e. The highest BCUT2D eigenvalue weighted by Crippen LogP contribution is 2.33. The summed E-state index contributed by atoms with van der Waals surface area (Å²) in [7, 11) is 1.27. The summed E-state index contributed by atoms with van der Waals surface area (Å²) in [6, 6.07) is 6.72. The quantitative estimate of drug-likeness (QED) is 0.457. The molecule has 0 bridgehead atoms. The van der Waals surface area contributed by atoms with Gasteiger partial charge in [0.25, 0.3) is 0 Å². The molecule has 0 N–H and O–H groups in total. The summed E-state index contributed by atoms with van der Waals surface area (Å²) >= 11 is 0. The van der Waals surface area contributed by atoms with E-state index in [2.05, 4.69) is 0 Å². The van der Waals surface area contributed by atoms with E-state index in [4.69, 9.17) is 14.2 Å². The molecule has 0 atom stereocenters. The van der Waals surface area contributed by atoms with E-state index >= 15 is 0 Å². The number of hydrogen-bond donors (Lipinski definition) is 0. The Morgan fingerprint density at radius 3 is 2.32 bits per heavy atom. The van der Waals surface area contributed by atoms with E-state index in [1.807, 2.05) is 6.92 Å². The first-order chi connectivity index (χ1) is 9.14. The van der Waals surface area contributed by atoms with Gasteiger partial charge in [0.2, 0.25) is 0 Å². The summed E-state index contributed by atoms with van der Waals surface area (Å²) in [5.74, 6) is -0.123. The molecule has 0 aromatic heterocycles. The van der Waals surface area contributed by atoms with Gasteiger partial charge in [-0.05, 0) is 31.2 Å². The normalized spacial score (nSPS) is 16.3. The van der Waals surface area contributed by atoms with Crippen LogP contribution in [0, 0.1) is 5.41 Å². The van der Waals surface area contributed by atoms with E-state index in [1.54, 1.807) is 24.3 Å². The van der Waals surface area contributed by atoms with Crippen molar-refractivity contribution in [1.29, 1.82) is 0 Å². The van der Waals surface area contributed by atoms with E-state index in [9.17, 15) is 9.59 Å². The Morgan fingerprint density at radius 1 is 1.26 bits per heavy atom. The molecule has 0 radical (unpaired) electrons. The zero-order valence-electron chi connectivity index (χ0n) is 11.0. The predicted molar refractivity (Wildman–Crippen MR) is 67.2 cm³/mol. The maximum atomic E-state index is 12.4. The standard InChI is InChI=1S/C14H16O5/c1-3-19-11-6-4-10(5-7-11)12(15)14(8-18-9-14)13(16)17-2/h4-7H,3,8-9H2,1-2H3. The average molecular weight is 264 g/mol. The van der Waals surface area contributed by atoms with Crippen LogP contribution in [0.25, 0.3) is 0 Å². The molecule has 5 nitrogen and oxygen atoms in total. The van der Waals surface area contributed by atoms with Crippen LogP contribution in [0.3, 0.4) is 0 Å². The number of rotatable bonds is 5. The topological polar surface area (TPSA) is 61.8 Å². The third kappa shape index (κ3) is 2.33. The third-order valence-electron chi connectivity index (χ3n) is 3.14. The zero-order chi connectivity index (χ0) is 13.9. The van der Waals surface area contributed by atoms with Crippen LogP contribution in [-0.4, -0.2) is 38.7 Å². The number of esters is 1. The molecule has 19 heavy (non-hydrogen) atoms. The Bertz CT molecular complexity index is 473. The van der Waals surface area contributed by atoms with Crippen LogP contribution in [0.2, 0.25) is 0 Å². The molecule has 1 aromatic carbocycles. The maximum Gasteiger partial charge on any atom is 0.324 e. The first-order valence-electron chi connectivity index (χ1n) is 6.08. The summed E-state index contributed by atoms with van der Waals surface area (Å²) in [5, 5.41) is 0. The van der Waals surface area contributed by atoms with Crippen molar-refractivity contribution < 1.29 is 23.8 Å². The van der Waals surface area contributed by atoms with E-state index in [1.165, 1.54) is 7.11 Å². The molecule has 0 saturated carbocycles. The lowest BCUT2D eigenvalue weighted by Crippen LogP contribution is -2.55. The Kier molecular flexibility index (Phi) is 3.85. The largest absolute Gasteiger partial charge is 0.494 e. The van der Waals surface area contributed by atoms with Crippen LogP contribution in [0.4, 0.5) is 0 Å². The van der Waals surface area contributed by atoms with Crippen LogP contribution in [0.5, 0.6) is 5.75 Å². The van der Waals surface area contributed by atoms with Crippen molar-refractivity contribution in [3.05, 3.63) is 29.8 Å². The zero-order valence-corrected chi connectivity index (χ0v) is 11.0. The molecule has 2 rings (SSSR count). The molecule has 0 amide bonds.